The van der Waals surface area contributed by atoms with Crippen LogP contribution >= 0.6 is 0 Å². The number of methoxy groups -OCH3 is 1. The fourth-order valence-corrected chi connectivity index (χ4v) is 4.23. The van der Waals surface area contributed by atoms with Crippen LogP contribution in [-0.4, -0.2) is 42.5 Å². The first-order valence-corrected chi connectivity index (χ1v) is 11.7. The number of rotatable bonds is 8. The van der Waals surface area contributed by atoms with Crippen LogP contribution in [0.1, 0.15) is 81.5 Å². The molecule has 3 rings (SSSR count). The van der Waals surface area contributed by atoms with Gasteiger partial charge in [-0.1, -0.05) is 34.6 Å². The van der Waals surface area contributed by atoms with E-state index in [-0.39, 0.29) is 35.0 Å². The largest absolute Gasteiger partial charge is 0.492 e. The Labute approximate surface area is 196 Å². The van der Waals surface area contributed by atoms with Gasteiger partial charge in [0.05, 0.1) is 30.3 Å². The highest BCUT2D eigenvalue weighted by molar-refractivity contribution is 5.89. The molecule has 7 heteroatoms. The zero-order valence-corrected chi connectivity index (χ0v) is 20.9. The van der Waals surface area contributed by atoms with E-state index in [1.807, 2.05) is 4.57 Å². The second-order valence-electron chi connectivity index (χ2n) is 9.88. The lowest BCUT2D eigenvalue weighted by atomic mass is 9.79. The summed E-state index contributed by atoms with van der Waals surface area (Å²) < 4.78 is 18.4. The van der Waals surface area contributed by atoms with Gasteiger partial charge in [-0.25, -0.2) is 9.78 Å². The molecule has 0 aliphatic carbocycles. The summed E-state index contributed by atoms with van der Waals surface area (Å²) >= 11 is 0. The second-order valence-corrected chi connectivity index (χ2v) is 9.88. The molecule has 0 saturated heterocycles. The number of aromatic nitrogens is 2. The predicted octanol–water partition coefficient (Wildman–Crippen LogP) is 4.77. The van der Waals surface area contributed by atoms with E-state index in [4.69, 9.17) is 19.2 Å². The minimum Gasteiger partial charge on any atom is -0.492 e. The number of fused-ring (bicyclic) bond motifs is 3. The van der Waals surface area contributed by atoms with Crippen molar-refractivity contribution in [1.82, 2.24) is 9.55 Å². The van der Waals surface area contributed by atoms with Gasteiger partial charge >= 0.3 is 5.97 Å². The Bertz CT molecular complexity index is 1070. The van der Waals surface area contributed by atoms with Crippen LogP contribution in [0.4, 0.5) is 0 Å². The Balaban J connectivity index is 2.16. The molecule has 3 heterocycles. The molecule has 1 aliphatic rings. The van der Waals surface area contributed by atoms with E-state index in [9.17, 15) is 9.59 Å². The second kappa shape index (κ2) is 10.1. The topological polar surface area (TPSA) is 79.7 Å². The van der Waals surface area contributed by atoms with E-state index < -0.39 is 5.97 Å². The molecule has 1 unspecified atom stereocenters. The average molecular weight is 457 g/mol. The monoisotopic (exact) mass is 456 g/mol. The molecule has 2 aromatic rings. The summed E-state index contributed by atoms with van der Waals surface area (Å²) in [6.45, 7) is 13.8. The van der Waals surface area contributed by atoms with Crippen LogP contribution in [0.15, 0.2) is 23.1 Å². The van der Waals surface area contributed by atoms with Crippen LogP contribution in [0.5, 0.6) is 5.75 Å². The van der Waals surface area contributed by atoms with E-state index >= 15 is 0 Å². The van der Waals surface area contributed by atoms with Gasteiger partial charge in [0, 0.05) is 38.4 Å². The van der Waals surface area contributed by atoms with Crippen molar-refractivity contribution < 1.29 is 19.0 Å². The fourth-order valence-electron chi connectivity index (χ4n) is 4.23. The first kappa shape index (κ1) is 25.0. The van der Waals surface area contributed by atoms with Gasteiger partial charge in [-0.05, 0) is 36.3 Å². The Morgan fingerprint density at radius 2 is 1.97 bits per heavy atom. The SMILES string of the molecule is CCOC(=O)c1cn2c(cc1=O)-c1nc(C(C)C)c(OCCCOC)cc1CC2C(C)(C)C. The summed E-state index contributed by atoms with van der Waals surface area (Å²) in [5.74, 6) is 0.338. The molecule has 0 aromatic carbocycles. The molecule has 0 amide bonds. The zero-order chi connectivity index (χ0) is 24.3. The molecule has 180 valence electrons. The third-order valence-corrected chi connectivity index (χ3v) is 5.96. The highest BCUT2D eigenvalue weighted by Crippen LogP contribution is 2.43. The number of esters is 1. The maximum Gasteiger partial charge on any atom is 0.343 e. The molecule has 0 saturated carbocycles. The lowest BCUT2D eigenvalue weighted by Crippen LogP contribution is -2.33. The lowest BCUT2D eigenvalue weighted by Gasteiger charge is -2.39. The normalized spacial score (nSPS) is 15.2. The summed E-state index contributed by atoms with van der Waals surface area (Å²) in [6, 6.07) is 3.64. The Kier molecular flexibility index (Phi) is 7.62. The molecule has 0 fully saturated rings. The number of hydrogen-bond acceptors (Lipinski definition) is 6. The minimum atomic E-state index is -0.591. The van der Waals surface area contributed by atoms with Crippen molar-refractivity contribution in [2.45, 2.75) is 66.3 Å². The van der Waals surface area contributed by atoms with Crippen LogP contribution in [0.3, 0.4) is 0 Å². The third-order valence-electron chi connectivity index (χ3n) is 5.96. The van der Waals surface area contributed by atoms with E-state index in [2.05, 4.69) is 40.7 Å². The molecular weight excluding hydrogens is 420 g/mol. The van der Waals surface area contributed by atoms with Crippen molar-refractivity contribution in [1.29, 1.82) is 0 Å². The van der Waals surface area contributed by atoms with Crippen molar-refractivity contribution in [2.75, 3.05) is 26.9 Å². The zero-order valence-electron chi connectivity index (χ0n) is 20.9. The average Bonchev–Trinajstić information content (AvgIpc) is 2.74. The highest BCUT2D eigenvalue weighted by atomic mass is 16.5. The van der Waals surface area contributed by atoms with Gasteiger partial charge < -0.3 is 18.8 Å². The predicted molar refractivity (Wildman–Crippen MR) is 128 cm³/mol. The van der Waals surface area contributed by atoms with Gasteiger partial charge in [0.1, 0.15) is 11.3 Å². The summed E-state index contributed by atoms with van der Waals surface area (Å²) in [5, 5.41) is 0. The molecule has 1 aliphatic heterocycles. The number of carbonyl (C=O) groups excluding carboxylic acids is 1. The molecule has 1 atom stereocenters. The van der Waals surface area contributed by atoms with Gasteiger partial charge in [0.2, 0.25) is 0 Å². The van der Waals surface area contributed by atoms with Crippen molar-refractivity contribution in [3.63, 3.8) is 0 Å². The van der Waals surface area contributed by atoms with Gasteiger partial charge in [0.15, 0.2) is 5.43 Å². The minimum absolute atomic E-state index is 0.0295. The van der Waals surface area contributed by atoms with Crippen molar-refractivity contribution in [2.24, 2.45) is 5.41 Å². The summed E-state index contributed by atoms with van der Waals surface area (Å²) in [4.78, 5) is 30.3. The van der Waals surface area contributed by atoms with Crippen LogP contribution in [0, 0.1) is 5.41 Å². The van der Waals surface area contributed by atoms with Crippen LogP contribution < -0.4 is 10.2 Å². The van der Waals surface area contributed by atoms with Crippen LogP contribution in [0.2, 0.25) is 0 Å². The van der Waals surface area contributed by atoms with Crippen molar-refractivity contribution >= 4 is 5.97 Å². The van der Waals surface area contributed by atoms with E-state index in [0.717, 1.165) is 41.2 Å². The molecule has 7 nitrogen and oxygen atoms in total. The Morgan fingerprint density at radius 1 is 1.24 bits per heavy atom. The number of nitrogens with zero attached hydrogens (tertiary/aromatic N) is 2. The molecule has 0 radical (unpaired) electrons. The van der Waals surface area contributed by atoms with Gasteiger partial charge in [-0.2, -0.15) is 0 Å². The van der Waals surface area contributed by atoms with Gasteiger partial charge in [0.25, 0.3) is 0 Å². The standard InChI is InChI=1S/C26H36N2O5/c1-8-32-25(30)18-15-28-19(14-20(18)29)24-17(13-22(28)26(4,5)6)12-21(23(27-24)16(2)3)33-11-9-10-31-7/h12,14-16,22H,8-11,13H2,1-7H3. The molecule has 0 bridgehead atoms. The number of ether oxygens (including phenoxy) is 3. The van der Waals surface area contributed by atoms with Gasteiger partial charge in [-0.3, -0.25) is 4.79 Å². The molecule has 33 heavy (non-hydrogen) atoms. The van der Waals surface area contributed by atoms with Gasteiger partial charge in [-0.15, -0.1) is 0 Å². The van der Waals surface area contributed by atoms with E-state index in [1.54, 1.807) is 20.2 Å². The maximum absolute atomic E-state index is 12.9. The van der Waals surface area contributed by atoms with Crippen LogP contribution in [-0.2, 0) is 15.9 Å². The molecule has 0 N–H and O–H groups in total. The quantitative estimate of drug-likeness (QED) is 0.421. The third kappa shape index (κ3) is 5.29. The first-order valence-electron chi connectivity index (χ1n) is 11.7. The number of carbonyl (C=O) groups is 1. The summed E-state index contributed by atoms with van der Waals surface area (Å²) in [5.41, 5.74) is 2.98. The number of hydrogen-bond donors (Lipinski definition) is 0. The van der Waals surface area contributed by atoms with E-state index in [0.29, 0.717) is 13.2 Å². The maximum atomic E-state index is 12.9. The Morgan fingerprint density at radius 3 is 2.58 bits per heavy atom. The Hall–Kier alpha value is -2.67. The fraction of sp³-hybridized carbons (Fsp3) is 0.577. The van der Waals surface area contributed by atoms with Crippen LogP contribution in [0.25, 0.3) is 11.4 Å². The first-order chi connectivity index (χ1) is 15.6. The molecule has 2 aromatic heterocycles. The van der Waals surface area contributed by atoms with Crippen molar-refractivity contribution in [3.05, 3.63) is 45.4 Å². The highest BCUT2D eigenvalue weighted by Gasteiger charge is 2.35. The smallest absolute Gasteiger partial charge is 0.343 e. The molecular formula is C26H36N2O5. The molecule has 0 spiro atoms. The summed E-state index contributed by atoms with van der Waals surface area (Å²) in [6.07, 6.45) is 3.17. The lowest BCUT2D eigenvalue weighted by molar-refractivity contribution is 0.0523. The number of pyridine rings is 2. The van der Waals surface area contributed by atoms with E-state index in [1.165, 1.54) is 6.07 Å². The van der Waals surface area contributed by atoms with Crippen molar-refractivity contribution in [3.8, 4) is 17.1 Å². The summed E-state index contributed by atoms with van der Waals surface area (Å²) in [7, 11) is 1.68.